The summed E-state index contributed by atoms with van der Waals surface area (Å²) in [5, 5.41) is 0. The lowest BCUT2D eigenvalue weighted by Crippen LogP contribution is -2.36. The predicted octanol–water partition coefficient (Wildman–Crippen LogP) is 1.84. The summed E-state index contributed by atoms with van der Waals surface area (Å²) in [4.78, 5) is 13.8. The maximum absolute atomic E-state index is 12.0. The number of nitrogens with zero attached hydrogens (tertiary/aromatic N) is 1. The Morgan fingerprint density at radius 1 is 1.35 bits per heavy atom. The predicted molar refractivity (Wildman–Crippen MR) is 66.6 cm³/mol. The van der Waals surface area contributed by atoms with Crippen LogP contribution in [0.15, 0.2) is 0 Å². The van der Waals surface area contributed by atoms with Crippen molar-refractivity contribution in [3.63, 3.8) is 0 Å². The van der Waals surface area contributed by atoms with Crippen LogP contribution in [0.5, 0.6) is 0 Å². The van der Waals surface area contributed by atoms with Crippen LogP contribution in [0.3, 0.4) is 0 Å². The van der Waals surface area contributed by atoms with Crippen molar-refractivity contribution in [2.45, 2.75) is 39.2 Å². The number of fused-ring (bicyclic) bond motifs is 1. The van der Waals surface area contributed by atoms with Crippen molar-refractivity contribution in [1.82, 2.24) is 4.90 Å². The minimum atomic E-state index is -0.401. The molecule has 1 saturated carbocycles. The topological polar surface area (TPSA) is 55.6 Å². The van der Waals surface area contributed by atoms with Gasteiger partial charge in [-0.2, -0.15) is 0 Å². The average Bonchev–Trinajstić information content (AvgIpc) is 2.72. The van der Waals surface area contributed by atoms with Crippen molar-refractivity contribution >= 4 is 6.09 Å². The van der Waals surface area contributed by atoms with Crippen LogP contribution in [-0.4, -0.2) is 36.2 Å². The van der Waals surface area contributed by atoms with Crippen molar-refractivity contribution in [3.05, 3.63) is 0 Å². The summed E-state index contributed by atoms with van der Waals surface area (Å²) in [5.41, 5.74) is 5.38. The van der Waals surface area contributed by atoms with E-state index in [9.17, 15) is 4.79 Å². The van der Waals surface area contributed by atoms with Crippen LogP contribution in [0.4, 0.5) is 4.79 Å². The molecule has 1 amide bonds. The van der Waals surface area contributed by atoms with Gasteiger partial charge in [-0.05, 0) is 57.9 Å². The van der Waals surface area contributed by atoms with Crippen LogP contribution in [-0.2, 0) is 4.74 Å². The van der Waals surface area contributed by atoms with E-state index in [1.165, 1.54) is 12.8 Å². The van der Waals surface area contributed by atoms with Gasteiger partial charge < -0.3 is 15.4 Å². The van der Waals surface area contributed by atoms with E-state index < -0.39 is 5.60 Å². The van der Waals surface area contributed by atoms with E-state index >= 15 is 0 Å². The molecule has 17 heavy (non-hydrogen) atoms. The number of likely N-dealkylation sites (tertiary alicyclic amines) is 1. The summed E-state index contributed by atoms with van der Waals surface area (Å²) in [7, 11) is 0. The highest BCUT2D eigenvalue weighted by Crippen LogP contribution is 2.41. The Morgan fingerprint density at radius 3 is 2.65 bits per heavy atom. The zero-order chi connectivity index (χ0) is 12.6. The van der Waals surface area contributed by atoms with Gasteiger partial charge >= 0.3 is 6.09 Å². The third-order valence-corrected chi connectivity index (χ3v) is 3.96. The molecule has 1 saturated heterocycles. The van der Waals surface area contributed by atoms with Gasteiger partial charge in [-0.25, -0.2) is 4.79 Å². The quantitative estimate of drug-likeness (QED) is 0.761. The first-order chi connectivity index (χ1) is 7.90. The van der Waals surface area contributed by atoms with E-state index in [4.69, 9.17) is 10.5 Å². The Hall–Kier alpha value is -0.770. The standard InChI is InChI=1S/C13H24N2O2/c1-13(2,3)17-12(16)15-7-10-5-4-9(6-14)11(10)8-15/h9-11H,4-8,14H2,1-3H3/t9-,10-,11-/m1/s1. The van der Waals surface area contributed by atoms with Gasteiger partial charge in [0, 0.05) is 13.1 Å². The molecular weight excluding hydrogens is 216 g/mol. The largest absolute Gasteiger partial charge is 0.444 e. The number of hydrogen-bond acceptors (Lipinski definition) is 3. The van der Waals surface area contributed by atoms with Gasteiger partial charge in [0.1, 0.15) is 5.60 Å². The summed E-state index contributed by atoms with van der Waals surface area (Å²) in [6, 6.07) is 0. The van der Waals surface area contributed by atoms with Gasteiger partial charge in [0.2, 0.25) is 0 Å². The van der Waals surface area contributed by atoms with Gasteiger partial charge in [0.15, 0.2) is 0 Å². The number of rotatable bonds is 1. The summed E-state index contributed by atoms with van der Waals surface area (Å²) in [6.07, 6.45) is 2.28. The SMILES string of the molecule is CC(C)(C)OC(=O)N1C[C@H]2CC[C@H](CN)[C@H]2C1. The Labute approximate surface area is 103 Å². The van der Waals surface area contributed by atoms with Crippen molar-refractivity contribution in [1.29, 1.82) is 0 Å². The van der Waals surface area contributed by atoms with Crippen molar-refractivity contribution in [2.24, 2.45) is 23.5 Å². The molecule has 0 unspecified atom stereocenters. The highest BCUT2D eigenvalue weighted by atomic mass is 16.6. The first kappa shape index (κ1) is 12.7. The van der Waals surface area contributed by atoms with E-state index in [0.29, 0.717) is 17.8 Å². The second-order valence-electron chi connectivity index (χ2n) is 6.38. The van der Waals surface area contributed by atoms with E-state index in [-0.39, 0.29) is 6.09 Å². The fraction of sp³-hybridized carbons (Fsp3) is 0.923. The van der Waals surface area contributed by atoms with Crippen LogP contribution in [0.1, 0.15) is 33.6 Å². The third-order valence-electron chi connectivity index (χ3n) is 3.96. The van der Waals surface area contributed by atoms with E-state index in [2.05, 4.69) is 0 Å². The molecule has 0 spiro atoms. The molecular formula is C13H24N2O2. The minimum Gasteiger partial charge on any atom is -0.444 e. The molecule has 1 aliphatic heterocycles. The summed E-state index contributed by atoms with van der Waals surface area (Å²) in [6.45, 7) is 8.17. The van der Waals surface area contributed by atoms with Gasteiger partial charge in [0.25, 0.3) is 0 Å². The molecule has 4 heteroatoms. The molecule has 4 nitrogen and oxygen atoms in total. The lowest BCUT2D eigenvalue weighted by Gasteiger charge is -2.25. The first-order valence-corrected chi connectivity index (χ1v) is 6.58. The van der Waals surface area contributed by atoms with Crippen molar-refractivity contribution < 1.29 is 9.53 Å². The first-order valence-electron chi connectivity index (χ1n) is 6.58. The van der Waals surface area contributed by atoms with E-state index in [1.54, 1.807) is 0 Å². The molecule has 0 aromatic heterocycles. The maximum Gasteiger partial charge on any atom is 0.410 e. The molecule has 0 radical (unpaired) electrons. The fourth-order valence-corrected chi connectivity index (χ4v) is 3.15. The highest BCUT2D eigenvalue weighted by molar-refractivity contribution is 5.68. The number of carbonyl (C=O) groups is 1. The van der Waals surface area contributed by atoms with Gasteiger partial charge in [-0.3, -0.25) is 0 Å². The van der Waals surface area contributed by atoms with Gasteiger partial charge in [-0.1, -0.05) is 0 Å². The zero-order valence-corrected chi connectivity index (χ0v) is 11.1. The Kier molecular flexibility index (Phi) is 3.34. The van der Waals surface area contributed by atoms with Crippen molar-refractivity contribution in [3.8, 4) is 0 Å². The molecule has 3 atom stereocenters. The number of amides is 1. The average molecular weight is 240 g/mol. The number of ether oxygens (including phenoxy) is 1. The van der Waals surface area contributed by atoms with Crippen LogP contribution < -0.4 is 5.73 Å². The van der Waals surface area contributed by atoms with Crippen LogP contribution >= 0.6 is 0 Å². The molecule has 2 N–H and O–H groups in total. The molecule has 0 bridgehead atoms. The monoisotopic (exact) mass is 240 g/mol. The lowest BCUT2D eigenvalue weighted by atomic mass is 9.93. The van der Waals surface area contributed by atoms with Crippen LogP contribution in [0.2, 0.25) is 0 Å². The Morgan fingerprint density at radius 2 is 2.06 bits per heavy atom. The van der Waals surface area contributed by atoms with E-state index in [0.717, 1.165) is 19.6 Å². The second-order valence-corrected chi connectivity index (χ2v) is 6.38. The summed E-state index contributed by atoms with van der Waals surface area (Å²) in [5.74, 6) is 1.86. The fourth-order valence-electron chi connectivity index (χ4n) is 3.15. The van der Waals surface area contributed by atoms with Crippen LogP contribution in [0, 0.1) is 17.8 Å². The molecule has 2 aliphatic rings. The molecule has 0 aromatic rings. The molecule has 98 valence electrons. The summed E-state index contributed by atoms with van der Waals surface area (Å²) >= 11 is 0. The maximum atomic E-state index is 12.0. The number of nitrogens with two attached hydrogens (primary N) is 1. The minimum absolute atomic E-state index is 0.164. The smallest absolute Gasteiger partial charge is 0.410 e. The molecule has 2 fully saturated rings. The molecule has 1 heterocycles. The highest BCUT2D eigenvalue weighted by Gasteiger charge is 2.44. The van der Waals surface area contributed by atoms with Crippen LogP contribution in [0.25, 0.3) is 0 Å². The molecule has 1 aliphatic carbocycles. The Balaban J connectivity index is 1.92. The van der Waals surface area contributed by atoms with Crippen molar-refractivity contribution in [2.75, 3.05) is 19.6 Å². The molecule has 0 aromatic carbocycles. The van der Waals surface area contributed by atoms with Gasteiger partial charge in [0.05, 0.1) is 0 Å². The number of hydrogen-bond donors (Lipinski definition) is 1. The Bertz CT molecular complexity index is 298. The summed E-state index contributed by atoms with van der Waals surface area (Å²) < 4.78 is 5.41. The normalized spacial score (nSPS) is 32.7. The van der Waals surface area contributed by atoms with E-state index in [1.807, 2.05) is 25.7 Å². The second kappa shape index (κ2) is 4.48. The third kappa shape index (κ3) is 2.73. The zero-order valence-electron chi connectivity index (χ0n) is 11.1. The lowest BCUT2D eigenvalue weighted by molar-refractivity contribution is 0.0276. The van der Waals surface area contributed by atoms with Gasteiger partial charge in [-0.15, -0.1) is 0 Å². The molecule has 2 rings (SSSR count). The number of carbonyl (C=O) groups excluding carboxylic acids is 1.